The van der Waals surface area contributed by atoms with E-state index in [1.54, 1.807) is 0 Å². The molecule has 0 aromatic heterocycles. The van der Waals surface area contributed by atoms with Crippen LogP contribution in [0, 0.1) is 0 Å². The molecule has 58 heavy (non-hydrogen) atoms. The van der Waals surface area contributed by atoms with E-state index in [9.17, 15) is 19.8 Å². The maximum atomic E-state index is 13.2. The van der Waals surface area contributed by atoms with E-state index in [0.717, 1.165) is 57.8 Å². The number of aliphatic hydroxyl groups excluding tert-OH is 2. The Morgan fingerprint density at radius 2 is 0.828 bits per heavy atom. The van der Waals surface area contributed by atoms with Crippen LogP contribution in [0.1, 0.15) is 284 Å². The zero-order valence-electron chi connectivity index (χ0n) is 39.2. The monoisotopic (exact) mass is 820 g/mol. The highest BCUT2D eigenvalue weighted by atomic mass is 16.5. The lowest BCUT2D eigenvalue weighted by Gasteiger charge is -2.24. The highest BCUT2D eigenvalue weighted by molar-refractivity contribution is 5.77. The van der Waals surface area contributed by atoms with Gasteiger partial charge >= 0.3 is 5.97 Å². The first-order valence-corrected chi connectivity index (χ1v) is 25.9. The number of allylic oxidation sites excluding steroid dienone is 2. The zero-order valence-corrected chi connectivity index (χ0v) is 39.2. The molecule has 0 aliphatic heterocycles. The van der Waals surface area contributed by atoms with Crippen molar-refractivity contribution in [1.82, 2.24) is 5.32 Å². The van der Waals surface area contributed by atoms with E-state index in [4.69, 9.17) is 4.74 Å². The molecule has 0 saturated carbocycles. The van der Waals surface area contributed by atoms with Crippen molar-refractivity contribution in [3.8, 4) is 0 Å². The molecule has 0 heterocycles. The number of unbranched alkanes of at least 4 members (excludes halogenated alkanes) is 33. The SMILES string of the molecule is CCCCCCCC/C=C/CCCCCCCC(CC(=O)NC(CO)C(O)CCCCCCCCCCCCCCCC)OC(=O)CCCCCCCCCCCC. The summed E-state index contributed by atoms with van der Waals surface area (Å²) in [5, 5.41) is 23.8. The maximum Gasteiger partial charge on any atom is 0.306 e. The third kappa shape index (κ3) is 41.3. The number of carbonyl (C=O) groups is 2. The second-order valence-electron chi connectivity index (χ2n) is 17.9. The number of ether oxygens (including phenoxy) is 1. The van der Waals surface area contributed by atoms with Crippen LogP contribution in [0.3, 0.4) is 0 Å². The fourth-order valence-corrected chi connectivity index (χ4v) is 8.13. The van der Waals surface area contributed by atoms with Gasteiger partial charge in [0, 0.05) is 6.42 Å². The maximum absolute atomic E-state index is 13.2. The van der Waals surface area contributed by atoms with E-state index in [2.05, 4.69) is 38.2 Å². The predicted octanol–water partition coefficient (Wildman–Crippen LogP) is 15.3. The molecule has 0 saturated heterocycles. The highest BCUT2D eigenvalue weighted by Crippen LogP contribution is 2.18. The highest BCUT2D eigenvalue weighted by Gasteiger charge is 2.24. The molecule has 0 aromatic rings. The third-order valence-corrected chi connectivity index (χ3v) is 12.1. The normalized spacial score (nSPS) is 13.3. The lowest BCUT2D eigenvalue weighted by Crippen LogP contribution is -2.46. The fourth-order valence-electron chi connectivity index (χ4n) is 8.13. The van der Waals surface area contributed by atoms with E-state index < -0.39 is 18.2 Å². The summed E-state index contributed by atoms with van der Waals surface area (Å²) in [6, 6.07) is -0.697. The minimum absolute atomic E-state index is 0.0786. The molecule has 344 valence electrons. The van der Waals surface area contributed by atoms with Crippen LogP contribution in [0.2, 0.25) is 0 Å². The van der Waals surface area contributed by atoms with E-state index >= 15 is 0 Å². The van der Waals surface area contributed by atoms with Crippen molar-refractivity contribution >= 4 is 11.9 Å². The van der Waals surface area contributed by atoms with Crippen molar-refractivity contribution in [3.63, 3.8) is 0 Å². The smallest absolute Gasteiger partial charge is 0.306 e. The molecule has 0 bridgehead atoms. The van der Waals surface area contributed by atoms with Crippen molar-refractivity contribution in [1.29, 1.82) is 0 Å². The van der Waals surface area contributed by atoms with Gasteiger partial charge in [0.25, 0.3) is 0 Å². The van der Waals surface area contributed by atoms with Crippen LogP contribution in [-0.2, 0) is 14.3 Å². The summed E-state index contributed by atoms with van der Waals surface area (Å²) in [4.78, 5) is 26.1. The Labute approximate surface area is 361 Å². The molecule has 3 N–H and O–H groups in total. The van der Waals surface area contributed by atoms with Gasteiger partial charge < -0.3 is 20.3 Å². The zero-order chi connectivity index (χ0) is 42.4. The van der Waals surface area contributed by atoms with Gasteiger partial charge in [0.05, 0.1) is 25.2 Å². The second-order valence-corrected chi connectivity index (χ2v) is 17.9. The van der Waals surface area contributed by atoms with Crippen LogP contribution >= 0.6 is 0 Å². The van der Waals surface area contributed by atoms with Gasteiger partial charge in [-0.15, -0.1) is 0 Å². The van der Waals surface area contributed by atoms with E-state index in [0.29, 0.717) is 19.3 Å². The third-order valence-electron chi connectivity index (χ3n) is 12.1. The molecule has 1 amide bonds. The number of carbonyl (C=O) groups excluding carboxylic acids is 2. The van der Waals surface area contributed by atoms with Gasteiger partial charge in [-0.25, -0.2) is 0 Å². The van der Waals surface area contributed by atoms with Crippen LogP contribution in [0.25, 0.3) is 0 Å². The molecule has 3 unspecified atom stereocenters. The minimum atomic E-state index is -0.783. The van der Waals surface area contributed by atoms with Crippen molar-refractivity contribution in [2.75, 3.05) is 6.61 Å². The largest absolute Gasteiger partial charge is 0.462 e. The first-order chi connectivity index (χ1) is 28.5. The average molecular weight is 820 g/mol. The molecule has 0 aliphatic rings. The molecule has 0 aliphatic carbocycles. The predicted molar refractivity (Wildman–Crippen MR) is 250 cm³/mol. The Balaban J connectivity index is 4.52. The summed E-state index contributed by atoms with van der Waals surface area (Å²) in [6.45, 7) is 6.49. The molecule has 0 aromatic carbocycles. The van der Waals surface area contributed by atoms with Gasteiger partial charge in [-0.1, -0.05) is 232 Å². The van der Waals surface area contributed by atoms with Crippen LogP contribution in [-0.4, -0.2) is 46.9 Å². The van der Waals surface area contributed by atoms with Crippen LogP contribution in [0.15, 0.2) is 12.2 Å². The van der Waals surface area contributed by atoms with Crippen LogP contribution in [0.5, 0.6) is 0 Å². The van der Waals surface area contributed by atoms with Crippen molar-refractivity contribution in [3.05, 3.63) is 12.2 Å². The number of aliphatic hydroxyl groups is 2. The van der Waals surface area contributed by atoms with E-state index in [-0.39, 0.29) is 24.9 Å². The molecule has 3 atom stereocenters. The Kier molecular flexibility index (Phi) is 45.5. The van der Waals surface area contributed by atoms with Crippen molar-refractivity contribution < 1.29 is 24.5 Å². The van der Waals surface area contributed by atoms with Crippen LogP contribution < -0.4 is 5.32 Å². The molecular formula is C52H101NO5. The summed E-state index contributed by atoms with van der Waals surface area (Å²) in [5.41, 5.74) is 0. The Bertz CT molecular complexity index is 878. The molecular weight excluding hydrogens is 719 g/mol. The summed E-state index contributed by atoms with van der Waals surface area (Å²) in [7, 11) is 0. The summed E-state index contributed by atoms with van der Waals surface area (Å²) in [6.07, 6.45) is 51.3. The summed E-state index contributed by atoms with van der Waals surface area (Å²) in [5.74, 6) is -0.467. The lowest BCUT2D eigenvalue weighted by atomic mass is 10.0. The number of rotatable bonds is 47. The number of esters is 1. The Morgan fingerprint density at radius 3 is 1.22 bits per heavy atom. The van der Waals surface area contributed by atoms with Gasteiger partial charge in [0.1, 0.15) is 6.10 Å². The van der Waals surface area contributed by atoms with Gasteiger partial charge in [-0.3, -0.25) is 9.59 Å². The average Bonchev–Trinajstić information content (AvgIpc) is 3.22. The number of hydrogen-bond donors (Lipinski definition) is 3. The van der Waals surface area contributed by atoms with Crippen molar-refractivity contribution in [2.24, 2.45) is 0 Å². The van der Waals surface area contributed by atoms with Crippen molar-refractivity contribution in [2.45, 2.75) is 302 Å². The lowest BCUT2D eigenvalue weighted by molar-refractivity contribution is -0.151. The Morgan fingerprint density at radius 1 is 0.483 bits per heavy atom. The van der Waals surface area contributed by atoms with E-state index in [1.807, 2.05) is 0 Å². The molecule has 6 heteroatoms. The molecule has 0 fully saturated rings. The molecule has 0 spiro atoms. The number of amides is 1. The second kappa shape index (κ2) is 46.7. The molecule has 0 rings (SSSR count). The van der Waals surface area contributed by atoms with Gasteiger partial charge in [0.15, 0.2) is 0 Å². The Hall–Kier alpha value is -1.40. The van der Waals surface area contributed by atoms with E-state index in [1.165, 1.54) is 180 Å². The minimum Gasteiger partial charge on any atom is -0.462 e. The summed E-state index contributed by atoms with van der Waals surface area (Å²) >= 11 is 0. The molecule has 0 radical (unpaired) electrons. The number of hydrogen-bond acceptors (Lipinski definition) is 5. The molecule has 6 nitrogen and oxygen atoms in total. The fraction of sp³-hybridized carbons (Fsp3) is 0.923. The first-order valence-electron chi connectivity index (χ1n) is 25.9. The summed E-state index contributed by atoms with van der Waals surface area (Å²) < 4.78 is 5.92. The van der Waals surface area contributed by atoms with Gasteiger partial charge in [0.2, 0.25) is 5.91 Å². The topological polar surface area (TPSA) is 95.9 Å². The number of nitrogens with one attached hydrogen (secondary N) is 1. The van der Waals surface area contributed by atoms with Gasteiger partial charge in [-0.2, -0.15) is 0 Å². The van der Waals surface area contributed by atoms with Gasteiger partial charge in [-0.05, 0) is 51.4 Å². The standard InChI is InChI=1S/C52H101NO5/c1-4-7-10-13-16-19-22-24-26-27-29-31-34-37-40-43-48(58-52(57)45-42-39-36-33-21-18-15-12-9-6-3)46-51(56)53-49(47-54)50(55)44-41-38-35-32-30-28-25-23-20-17-14-11-8-5-2/h24,26,48-50,54-55H,4-23,25,27-47H2,1-3H3,(H,53,56)/b26-24+. The quantitative estimate of drug-likeness (QED) is 0.0323. The first kappa shape index (κ1) is 56.6. The van der Waals surface area contributed by atoms with Crippen LogP contribution in [0.4, 0.5) is 0 Å².